The maximum Gasteiger partial charge on any atom is 0.123 e. The lowest BCUT2D eigenvalue weighted by Crippen LogP contribution is -2.10. The average Bonchev–Trinajstić information content (AvgIpc) is 2.93. The van der Waals surface area contributed by atoms with Gasteiger partial charge >= 0.3 is 0 Å². The van der Waals surface area contributed by atoms with E-state index < -0.39 is 0 Å². The molecule has 0 aliphatic heterocycles. The van der Waals surface area contributed by atoms with Gasteiger partial charge in [0.05, 0.1) is 0 Å². The molecule has 2 unspecified atom stereocenters. The largest absolute Gasteiger partial charge is 0.507 e. The number of phenols is 3. The lowest BCUT2D eigenvalue weighted by molar-refractivity contribution is 0.439. The Labute approximate surface area is 225 Å². The second-order valence-corrected chi connectivity index (χ2v) is 10.1. The number of rotatable bonds is 12. The molecule has 0 radical (unpaired) electrons. The van der Waals surface area contributed by atoms with Gasteiger partial charge in [0.2, 0.25) is 0 Å². The van der Waals surface area contributed by atoms with E-state index in [-0.39, 0.29) is 42.2 Å². The Kier molecular flexibility index (Phi) is 10.1. The highest BCUT2D eigenvalue weighted by molar-refractivity contribution is 5.51. The van der Waals surface area contributed by atoms with E-state index in [1.165, 1.54) is 0 Å². The highest BCUT2D eigenvalue weighted by Crippen LogP contribution is 2.40. The van der Waals surface area contributed by atoms with Crippen LogP contribution in [-0.2, 0) is 45.6 Å². The van der Waals surface area contributed by atoms with E-state index in [4.69, 9.17) is 28.7 Å². The number of nitrogens with two attached hydrogens (primary N) is 5. The van der Waals surface area contributed by atoms with Crippen molar-refractivity contribution in [2.45, 2.75) is 77.7 Å². The minimum Gasteiger partial charge on any atom is -0.507 e. The van der Waals surface area contributed by atoms with Crippen LogP contribution in [0.2, 0.25) is 0 Å². The van der Waals surface area contributed by atoms with Gasteiger partial charge in [-0.2, -0.15) is 0 Å². The van der Waals surface area contributed by atoms with Crippen molar-refractivity contribution in [1.29, 1.82) is 0 Å². The molecule has 3 aromatic carbocycles. The molecular weight excluding hydrogens is 478 g/mol. The first-order chi connectivity index (χ1) is 18.2. The van der Waals surface area contributed by atoms with Crippen molar-refractivity contribution in [3.63, 3.8) is 0 Å². The molecule has 38 heavy (non-hydrogen) atoms. The Balaban J connectivity index is 2.01. The standard InChI is InChI=1S/C30H43N5O3/c1-3-21(27-10-20(14-33)8-25(16-35)30(27)38)11-23-6-19(13-32)9-26(29(23)37)17(2)4-22-5-18(12-31)7-24(15-34)28(22)36/h5-10,17,21,36-38H,3-4,11-16,31-35H2,1-2H3. The van der Waals surface area contributed by atoms with Gasteiger partial charge in [-0.15, -0.1) is 0 Å². The predicted molar refractivity (Wildman–Crippen MR) is 153 cm³/mol. The molecule has 0 saturated heterocycles. The first-order valence-electron chi connectivity index (χ1n) is 13.2. The first-order valence-corrected chi connectivity index (χ1v) is 13.2. The number of hydrogen-bond donors (Lipinski definition) is 8. The third-order valence-electron chi connectivity index (χ3n) is 7.49. The number of benzene rings is 3. The maximum atomic E-state index is 11.4. The molecule has 13 N–H and O–H groups in total. The Morgan fingerprint density at radius 1 is 0.553 bits per heavy atom. The summed E-state index contributed by atoms with van der Waals surface area (Å²) in [4.78, 5) is 0. The normalized spacial score (nSPS) is 13.0. The molecule has 0 amide bonds. The molecule has 8 heteroatoms. The van der Waals surface area contributed by atoms with Gasteiger partial charge in [-0.05, 0) is 82.2 Å². The Hall–Kier alpha value is -3.14. The van der Waals surface area contributed by atoms with Crippen LogP contribution < -0.4 is 28.7 Å². The molecule has 0 aromatic heterocycles. The molecular formula is C30H43N5O3. The lowest BCUT2D eigenvalue weighted by Gasteiger charge is -2.23. The molecule has 206 valence electrons. The van der Waals surface area contributed by atoms with E-state index in [0.29, 0.717) is 43.6 Å². The molecule has 0 bridgehead atoms. The lowest BCUT2D eigenvalue weighted by atomic mass is 9.83. The Morgan fingerprint density at radius 2 is 0.974 bits per heavy atom. The Bertz CT molecular complexity index is 1260. The second kappa shape index (κ2) is 13.1. The summed E-state index contributed by atoms with van der Waals surface area (Å²) in [5.41, 5.74) is 36.6. The van der Waals surface area contributed by atoms with Gasteiger partial charge in [0, 0.05) is 43.9 Å². The van der Waals surface area contributed by atoms with Gasteiger partial charge in [0.15, 0.2) is 0 Å². The van der Waals surface area contributed by atoms with E-state index >= 15 is 0 Å². The number of hydrogen-bond acceptors (Lipinski definition) is 8. The summed E-state index contributed by atoms with van der Waals surface area (Å²) < 4.78 is 0. The fourth-order valence-electron chi connectivity index (χ4n) is 5.25. The first kappa shape index (κ1) is 29.4. The molecule has 3 aromatic rings. The zero-order chi connectivity index (χ0) is 28.0. The van der Waals surface area contributed by atoms with E-state index in [9.17, 15) is 15.3 Å². The van der Waals surface area contributed by atoms with Crippen molar-refractivity contribution in [3.05, 3.63) is 86.5 Å². The highest BCUT2D eigenvalue weighted by atomic mass is 16.3. The van der Waals surface area contributed by atoms with E-state index in [1.807, 2.05) is 43.3 Å². The van der Waals surface area contributed by atoms with Crippen LogP contribution in [0, 0.1) is 0 Å². The van der Waals surface area contributed by atoms with E-state index in [1.54, 1.807) is 0 Å². The van der Waals surface area contributed by atoms with Crippen LogP contribution in [0.1, 0.15) is 82.2 Å². The topological polar surface area (TPSA) is 191 Å². The zero-order valence-electron chi connectivity index (χ0n) is 22.5. The van der Waals surface area contributed by atoms with Crippen molar-refractivity contribution >= 4 is 0 Å². The van der Waals surface area contributed by atoms with Gasteiger partial charge in [-0.25, -0.2) is 0 Å². The summed E-state index contributed by atoms with van der Waals surface area (Å²) in [6, 6.07) is 11.3. The van der Waals surface area contributed by atoms with Gasteiger partial charge in [-0.3, -0.25) is 0 Å². The molecule has 0 aliphatic carbocycles. The molecule has 8 nitrogen and oxygen atoms in total. The summed E-state index contributed by atoms with van der Waals surface area (Å²) in [7, 11) is 0. The van der Waals surface area contributed by atoms with Crippen molar-refractivity contribution in [3.8, 4) is 17.2 Å². The van der Waals surface area contributed by atoms with Crippen LogP contribution in [0.25, 0.3) is 0 Å². The van der Waals surface area contributed by atoms with Crippen molar-refractivity contribution in [2.24, 2.45) is 28.7 Å². The van der Waals surface area contributed by atoms with Gasteiger partial charge in [0.1, 0.15) is 17.2 Å². The van der Waals surface area contributed by atoms with Crippen molar-refractivity contribution in [1.82, 2.24) is 0 Å². The summed E-state index contributed by atoms with van der Waals surface area (Å²) in [6.07, 6.45) is 1.74. The van der Waals surface area contributed by atoms with Gasteiger partial charge in [-0.1, -0.05) is 38.1 Å². The van der Waals surface area contributed by atoms with Crippen LogP contribution in [0.5, 0.6) is 17.2 Å². The molecule has 2 atom stereocenters. The molecule has 0 spiro atoms. The predicted octanol–water partition coefficient (Wildman–Crippen LogP) is 3.18. The van der Waals surface area contributed by atoms with Gasteiger partial charge in [0.25, 0.3) is 0 Å². The third kappa shape index (κ3) is 6.28. The fourth-order valence-corrected chi connectivity index (χ4v) is 5.25. The van der Waals surface area contributed by atoms with E-state index in [2.05, 4.69) is 6.92 Å². The smallest absolute Gasteiger partial charge is 0.123 e. The van der Waals surface area contributed by atoms with Crippen LogP contribution in [-0.4, -0.2) is 15.3 Å². The summed E-state index contributed by atoms with van der Waals surface area (Å²) in [5, 5.41) is 33.1. The summed E-state index contributed by atoms with van der Waals surface area (Å²) >= 11 is 0. The molecule has 0 aliphatic rings. The number of phenolic OH excluding ortho intramolecular Hbond substituents is 3. The fraction of sp³-hybridized carbons (Fsp3) is 0.400. The average molecular weight is 522 g/mol. The van der Waals surface area contributed by atoms with Gasteiger partial charge < -0.3 is 44.0 Å². The second-order valence-electron chi connectivity index (χ2n) is 10.1. The minimum atomic E-state index is -0.123. The van der Waals surface area contributed by atoms with Crippen LogP contribution in [0.15, 0.2) is 36.4 Å². The molecule has 0 saturated carbocycles. The highest BCUT2D eigenvalue weighted by Gasteiger charge is 2.23. The number of aromatic hydroxyl groups is 3. The van der Waals surface area contributed by atoms with Crippen molar-refractivity contribution < 1.29 is 15.3 Å². The minimum absolute atomic E-state index is 0.0636. The van der Waals surface area contributed by atoms with E-state index in [0.717, 1.165) is 45.4 Å². The molecule has 3 rings (SSSR count). The maximum absolute atomic E-state index is 11.4. The van der Waals surface area contributed by atoms with Crippen LogP contribution in [0.4, 0.5) is 0 Å². The monoisotopic (exact) mass is 521 g/mol. The Morgan fingerprint density at radius 3 is 1.47 bits per heavy atom. The van der Waals surface area contributed by atoms with Crippen LogP contribution >= 0.6 is 0 Å². The molecule has 0 heterocycles. The zero-order valence-corrected chi connectivity index (χ0v) is 22.5. The SMILES string of the molecule is CCC(Cc1cc(CN)cc(C(C)Cc2cc(CN)cc(CN)c2O)c1O)c1cc(CN)cc(CN)c1O. The summed E-state index contributed by atoms with van der Waals surface area (Å²) in [6.45, 7) is 5.49. The van der Waals surface area contributed by atoms with Crippen LogP contribution in [0.3, 0.4) is 0 Å². The third-order valence-corrected chi connectivity index (χ3v) is 7.49. The quantitative estimate of drug-likeness (QED) is 0.178. The summed E-state index contributed by atoms with van der Waals surface area (Å²) in [5.74, 6) is 0.373. The van der Waals surface area contributed by atoms with Crippen molar-refractivity contribution in [2.75, 3.05) is 0 Å². The molecule has 0 fully saturated rings.